The highest BCUT2D eigenvalue weighted by atomic mass is 32.1. The zero-order valence-electron chi connectivity index (χ0n) is 22.9. The Morgan fingerprint density at radius 3 is 0.977 bits per heavy atom. The molecule has 204 valence electrons. The smallest absolute Gasteiger partial charge is 0.133 e. The second-order valence-electron chi connectivity index (χ2n) is 10.1. The Labute approximate surface area is 252 Å². The zero-order chi connectivity index (χ0) is 28.6. The SMILES string of the molecule is c1ccc(N(c2ccccc2)c2c3nsnc3c(N(c3ccccc3)c3ccccc3)c3nc4ccccc4nc23)cc1. The van der Waals surface area contributed by atoms with Crippen molar-refractivity contribution in [2.75, 3.05) is 9.80 Å². The van der Waals surface area contributed by atoms with Crippen molar-refractivity contribution in [2.24, 2.45) is 0 Å². The normalized spacial score (nSPS) is 11.3. The minimum absolute atomic E-state index is 0.749. The van der Waals surface area contributed by atoms with Gasteiger partial charge >= 0.3 is 0 Å². The molecule has 0 aliphatic rings. The van der Waals surface area contributed by atoms with E-state index in [4.69, 9.17) is 18.7 Å². The molecule has 0 aliphatic heterocycles. The molecular formula is C36H24N6S. The van der Waals surface area contributed by atoms with Crippen molar-refractivity contribution in [1.82, 2.24) is 18.7 Å². The van der Waals surface area contributed by atoms with Crippen LogP contribution in [-0.4, -0.2) is 18.7 Å². The molecule has 7 heteroatoms. The lowest BCUT2D eigenvalue weighted by Gasteiger charge is -2.30. The van der Waals surface area contributed by atoms with E-state index < -0.39 is 0 Å². The lowest BCUT2D eigenvalue weighted by Crippen LogP contribution is -2.15. The first kappa shape index (κ1) is 25.1. The summed E-state index contributed by atoms with van der Waals surface area (Å²) in [5.41, 5.74) is 10.3. The zero-order valence-corrected chi connectivity index (χ0v) is 23.8. The summed E-state index contributed by atoms with van der Waals surface area (Å²) in [5.74, 6) is 0. The monoisotopic (exact) mass is 572 g/mol. The number of para-hydroxylation sites is 6. The largest absolute Gasteiger partial charge is 0.306 e. The molecule has 43 heavy (non-hydrogen) atoms. The molecule has 0 atom stereocenters. The van der Waals surface area contributed by atoms with E-state index in [-0.39, 0.29) is 0 Å². The van der Waals surface area contributed by atoms with Crippen LogP contribution in [0.3, 0.4) is 0 Å². The maximum absolute atomic E-state index is 5.32. The van der Waals surface area contributed by atoms with Gasteiger partial charge in [-0.2, -0.15) is 8.75 Å². The van der Waals surface area contributed by atoms with Crippen molar-refractivity contribution in [2.45, 2.75) is 0 Å². The summed E-state index contributed by atoms with van der Waals surface area (Å²) in [4.78, 5) is 15.1. The van der Waals surface area contributed by atoms with Gasteiger partial charge in [-0.25, -0.2) is 9.97 Å². The maximum Gasteiger partial charge on any atom is 0.133 e. The van der Waals surface area contributed by atoms with Gasteiger partial charge in [-0.3, -0.25) is 0 Å². The van der Waals surface area contributed by atoms with E-state index in [0.29, 0.717) is 0 Å². The van der Waals surface area contributed by atoms with Crippen molar-refractivity contribution in [1.29, 1.82) is 0 Å². The molecule has 0 N–H and O–H groups in total. The summed E-state index contributed by atoms with van der Waals surface area (Å²) in [6.45, 7) is 0. The summed E-state index contributed by atoms with van der Waals surface area (Å²) in [6.07, 6.45) is 0. The van der Waals surface area contributed by atoms with Gasteiger partial charge in [0.1, 0.15) is 33.4 Å². The van der Waals surface area contributed by atoms with E-state index in [2.05, 4.69) is 58.3 Å². The summed E-state index contributed by atoms with van der Waals surface area (Å²) in [7, 11) is 0. The van der Waals surface area contributed by atoms with E-state index in [1.165, 1.54) is 11.7 Å². The molecule has 0 saturated carbocycles. The molecule has 6 aromatic carbocycles. The number of aromatic nitrogens is 4. The number of hydrogen-bond donors (Lipinski definition) is 0. The molecule has 8 rings (SSSR count). The number of anilines is 6. The molecule has 0 amide bonds. The van der Waals surface area contributed by atoms with Crippen LogP contribution >= 0.6 is 11.7 Å². The highest BCUT2D eigenvalue weighted by Gasteiger charge is 2.29. The van der Waals surface area contributed by atoms with Gasteiger partial charge in [-0.15, -0.1) is 0 Å². The number of nitrogens with zero attached hydrogens (tertiary/aromatic N) is 6. The van der Waals surface area contributed by atoms with Crippen LogP contribution in [0.15, 0.2) is 146 Å². The molecule has 6 nitrogen and oxygen atoms in total. The molecule has 0 fully saturated rings. The molecule has 0 saturated heterocycles. The Kier molecular flexibility index (Phi) is 6.20. The second-order valence-corrected chi connectivity index (χ2v) is 10.6. The highest BCUT2D eigenvalue weighted by molar-refractivity contribution is 7.00. The predicted molar refractivity (Wildman–Crippen MR) is 177 cm³/mol. The van der Waals surface area contributed by atoms with Gasteiger partial charge in [0.15, 0.2) is 0 Å². The number of hydrogen-bond acceptors (Lipinski definition) is 7. The molecule has 0 bridgehead atoms. The van der Waals surface area contributed by atoms with E-state index >= 15 is 0 Å². The van der Waals surface area contributed by atoms with Crippen molar-refractivity contribution in [3.05, 3.63) is 146 Å². The highest BCUT2D eigenvalue weighted by Crippen LogP contribution is 2.49. The molecule has 0 aliphatic carbocycles. The molecule has 8 aromatic rings. The Morgan fingerprint density at radius 1 is 0.349 bits per heavy atom. The van der Waals surface area contributed by atoms with Crippen molar-refractivity contribution in [3.63, 3.8) is 0 Å². The fourth-order valence-electron chi connectivity index (χ4n) is 5.60. The summed E-state index contributed by atoms with van der Waals surface area (Å²) in [6, 6.07) is 49.3. The van der Waals surface area contributed by atoms with Crippen LogP contribution in [0, 0.1) is 0 Å². The van der Waals surface area contributed by atoms with Crippen LogP contribution < -0.4 is 9.80 Å². The van der Waals surface area contributed by atoms with Gasteiger partial charge in [0.05, 0.1) is 22.8 Å². The Hall–Kier alpha value is -5.66. The number of fused-ring (bicyclic) bond motifs is 3. The van der Waals surface area contributed by atoms with Crippen molar-refractivity contribution >= 4 is 79.0 Å². The van der Waals surface area contributed by atoms with Gasteiger partial charge in [-0.1, -0.05) is 84.9 Å². The molecule has 0 radical (unpaired) electrons. The van der Waals surface area contributed by atoms with Gasteiger partial charge in [0.25, 0.3) is 0 Å². The lowest BCUT2D eigenvalue weighted by atomic mass is 10.1. The van der Waals surface area contributed by atoms with Crippen LogP contribution in [0.4, 0.5) is 34.1 Å². The van der Waals surface area contributed by atoms with E-state index in [1.54, 1.807) is 0 Å². The van der Waals surface area contributed by atoms with Crippen LogP contribution in [0.2, 0.25) is 0 Å². The third-order valence-corrected chi connectivity index (χ3v) is 7.99. The van der Waals surface area contributed by atoms with Crippen LogP contribution in [-0.2, 0) is 0 Å². The summed E-state index contributed by atoms with van der Waals surface area (Å²) in [5, 5.41) is 0. The van der Waals surface area contributed by atoms with Gasteiger partial charge in [0.2, 0.25) is 0 Å². The Balaban J connectivity index is 1.55. The predicted octanol–water partition coefficient (Wildman–Crippen LogP) is 9.73. The van der Waals surface area contributed by atoms with E-state index in [1.807, 2.05) is 97.1 Å². The van der Waals surface area contributed by atoms with Gasteiger partial charge in [0, 0.05) is 22.7 Å². The fraction of sp³-hybridized carbons (Fsp3) is 0. The van der Waals surface area contributed by atoms with Crippen LogP contribution in [0.25, 0.3) is 33.1 Å². The Morgan fingerprint density at radius 2 is 0.651 bits per heavy atom. The average molecular weight is 573 g/mol. The third-order valence-electron chi connectivity index (χ3n) is 7.46. The fourth-order valence-corrected chi connectivity index (χ4v) is 6.15. The first-order valence-electron chi connectivity index (χ1n) is 14.0. The average Bonchev–Trinajstić information content (AvgIpc) is 3.57. The first-order chi connectivity index (χ1) is 21.4. The second kappa shape index (κ2) is 10.6. The molecule has 2 heterocycles. The summed E-state index contributed by atoms with van der Waals surface area (Å²) < 4.78 is 9.89. The summed E-state index contributed by atoms with van der Waals surface area (Å²) >= 11 is 1.20. The van der Waals surface area contributed by atoms with Crippen LogP contribution in [0.5, 0.6) is 0 Å². The van der Waals surface area contributed by atoms with E-state index in [0.717, 1.165) is 67.2 Å². The minimum atomic E-state index is 0.749. The Bertz CT molecular complexity index is 1950. The lowest BCUT2D eigenvalue weighted by molar-refractivity contribution is 1.26. The first-order valence-corrected chi connectivity index (χ1v) is 14.7. The molecule has 0 unspecified atom stereocenters. The molecule has 0 spiro atoms. The number of rotatable bonds is 6. The van der Waals surface area contributed by atoms with Crippen molar-refractivity contribution in [3.8, 4) is 0 Å². The van der Waals surface area contributed by atoms with Crippen molar-refractivity contribution < 1.29 is 0 Å². The third kappa shape index (κ3) is 4.34. The topological polar surface area (TPSA) is 58.0 Å². The molecular weight excluding hydrogens is 549 g/mol. The minimum Gasteiger partial charge on any atom is -0.306 e. The van der Waals surface area contributed by atoms with Gasteiger partial charge in [-0.05, 0) is 60.7 Å². The number of benzene rings is 6. The van der Waals surface area contributed by atoms with E-state index in [9.17, 15) is 0 Å². The standard InChI is InChI=1S/C36H24N6S/c1-5-15-25(16-6-1)41(26-17-7-2-8-18-26)35-31-32(38-30-24-14-13-23-29(30)37-31)36(34-33(35)39-43-40-34)42(27-19-9-3-10-20-27)28-21-11-4-12-22-28/h1-24H. The quantitative estimate of drug-likeness (QED) is 0.146. The van der Waals surface area contributed by atoms with Crippen LogP contribution in [0.1, 0.15) is 0 Å². The maximum atomic E-state index is 5.32. The van der Waals surface area contributed by atoms with Gasteiger partial charge < -0.3 is 9.80 Å². The molecule has 2 aromatic heterocycles.